The molecule has 8 nitrogen and oxygen atoms in total. The summed E-state index contributed by atoms with van der Waals surface area (Å²) in [6.45, 7) is 6.82. The molecule has 26 heavy (non-hydrogen) atoms. The Hall–Kier alpha value is -2.64. The maximum Gasteiger partial charge on any atom is 0.410 e. The van der Waals surface area contributed by atoms with Crippen molar-refractivity contribution in [2.24, 2.45) is 0 Å². The van der Waals surface area contributed by atoms with Gasteiger partial charge >= 0.3 is 12.1 Å². The van der Waals surface area contributed by atoms with Gasteiger partial charge in [0.2, 0.25) is 0 Å². The normalized spacial score (nSPS) is 17.8. The first-order valence-electron chi connectivity index (χ1n) is 8.59. The lowest BCUT2D eigenvalue weighted by Crippen LogP contribution is -2.47. The van der Waals surface area contributed by atoms with Crippen molar-refractivity contribution in [3.05, 3.63) is 24.2 Å². The van der Waals surface area contributed by atoms with Gasteiger partial charge in [0.1, 0.15) is 11.4 Å². The van der Waals surface area contributed by atoms with E-state index >= 15 is 0 Å². The number of anilines is 1. The van der Waals surface area contributed by atoms with Crippen LogP contribution in [0.5, 0.6) is 0 Å². The van der Waals surface area contributed by atoms with Crippen LogP contribution in [0.25, 0.3) is 6.08 Å². The van der Waals surface area contributed by atoms with E-state index in [0.29, 0.717) is 24.6 Å². The molecule has 1 atom stereocenters. The molecule has 1 saturated heterocycles. The minimum atomic E-state index is -0.503. The standard InChI is InChI=1S/C18H26N4O4/c1-18(2,3)26-17(24)22-9-5-6-14(12-22)21-15-11-19-13(10-20-15)7-8-16(23)25-4/h7-8,10-11,14H,5-6,9,12H2,1-4H3,(H,20,21)/t14-/m1/s1. The summed E-state index contributed by atoms with van der Waals surface area (Å²) in [5, 5.41) is 3.29. The summed E-state index contributed by atoms with van der Waals surface area (Å²) < 4.78 is 9.96. The number of carbonyl (C=O) groups is 2. The Labute approximate surface area is 153 Å². The first kappa shape index (κ1) is 19.7. The van der Waals surface area contributed by atoms with Gasteiger partial charge < -0.3 is 19.7 Å². The lowest BCUT2D eigenvalue weighted by molar-refractivity contribution is -0.134. The lowest BCUT2D eigenvalue weighted by Gasteiger charge is -2.34. The van der Waals surface area contributed by atoms with Crippen molar-refractivity contribution < 1.29 is 19.1 Å². The molecule has 2 heterocycles. The smallest absolute Gasteiger partial charge is 0.410 e. The number of likely N-dealkylation sites (tertiary alicyclic amines) is 1. The van der Waals surface area contributed by atoms with Crippen molar-refractivity contribution in [1.82, 2.24) is 14.9 Å². The van der Waals surface area contributed by atoms with Crippen LogP contribution in [0.3, 0.4) is 0 Å². The topological polar surface area (TPSA) is 93.7 Å². The molecule has 1 aliphatic rings. The monoisotopic (exact) mass is 362 g/mol. The van der Waals surface area contributed by atoms with Gasteiger partial charge in [-0.1, -0.05) is 0 Å². The van der Waals surface area contributed by atoms with Crippen molar-refractivity contribution in [3.63, 3.8) is 0 Å². The number of rotatable bonds is 4. The molecule has 1 amide bonds. The SMILES string of the molecule is COC(=O)C=Cc1cnc(N[C@@H]2CCCN(C(=O)OC(C)(C)C)C2)cn1. The van der Waals surface area contributed by atoms with Crippen molar-refractivity contribution in [3.8, 4) is 0 Å². The number of nitrogens with one attached hydrogen (secondary N) is 1. The second-order valence-corrected chi connectivity index (χ2v) is 7.09. The van der Waals surface area contributed by atoms with Crippen LogP contribution in [0.4, 0.5) is 10.6 Å². The van der Waals surface area contributed by atoms with Gasteiger partial charge in [-0.15, -0.1) is 0 Å². The predicted octanol–water partition coefficient (Wildman–Crippen LogP) is 2.47. The van der Waals surface area contributed by atoms with E-state index in [2.05, 4.69) is 20.0 Å². The molecule has 0 bridgehead atoms. The number of ether oxygens (including phenoxy) is 2. The second kappa shape index (κ2) is 8.64. The fraction of sp³-hybridized carbons (Fsp3) is 0.556. The number of methoxy groups -OCH3 is 1. The van der Waals surface area contributed by atoms with Gasteiger partial charge in [-0.2, -0.15) is 0 Å². The summed E-state index contributed by atoms with van der Waals surface area (Å²) in [6, 6.07) is 0.0852. The zero-order chi connectivity index (χ0) is 19.2. The molecule has 0 spiro atoms. The summed E-state index contributed by atoms with van der Waals surface area (Å²) in [6.07, 6.45) is 7.53. The number of hydrogen-bond donors (Lipinski definition) is 1. The Morgan fingerprint density at radius 3 is 2.69 bits per heavy atom. The molecular formula is C18H26N4O4. The zero-order valence-electron chi connectivity index (χ0n) is 15.7. The van der Waals surface area contributed by atoms with Crippen LogP contribution in [0.15, 0.2) is 18.5 Å². The van der Waals surface area contributed by atoms with Gasteiger partial charge in [0.15, 0.2) is 0 Å². The fourth-order valence-electron chi connectivity index (χ4n) is 2.52. The van der Waals surface area contributed by atoms with Crippen LogP contribution < -0.4 is 5.32 Å². The van der Waals surface area contributed by atoms with E-state index in [9.17, 15) is 9.59 Å². The van der Waals surface area contributed by atoms with Gasteiger partial charge in [0, 0.05) is 25.2 Å². The van der Waals surface area contributed by atoms with E-state index in [-0.39, 0.29) is 12.1 Å². The minimum Gasteiger partial charge on any atom is -0.466 e. The predicted molar refractivity (Wildman–Crippen MR) is 97.5 cm³/mol. The van der Waals surface area contributed by atoms with Crippen molar-refractivity contribution in [2.75, 3.05) is 25.5 Å². The van der Waals surface area contributed by atoms with Crippen LogP contribution in [-0.2, 0) is 14.3 Å². The highest BCUT2D eigenvalue weighted by Crippen LogP contribution is 2.17. The Morgan fingerprint density at radius 1 is 1.31 bits per heavy atom. The highest BCUT2D eigenvalue weighted by molar-refractivity contribution is 5.86. The van der Waals surface area contributed by atoms with Crippen molar-refractivity contribution in [2.45, 2.75) is 45.3 Å². The number of carbonyl (C=O) groups excluding carboxylic acids is 2. The number of hydrogen-bond acceptors (Lipinski definition) is 7. The first-order valence-corrected chi connectivity index (χ1v) is 8.59. The molecule has 1 aromatic heterocycles. The Kier molecular flexibility index (Phi) is 6.54. The van der Waals surface area contributed by atoms with Crippen molar-refractivity contribution in [1.29, 1.82) is 0 Å². The molecule has 1 aromatic rings. The summed E-state index contributed by atoms with van der Waals surface area (Å²) >= 11 is 0. The number of aromatic nitrogens is 2. The molecule has 1 N–H and O–H groups in total. The maximum absolute atomic E-state index is 12.2. The summed E-state index contributed by atoms with van der Waals surface area (Å²) in [7, 11) is 1.32. The highest BCUT2D eigenvalue weighted by Gasteiger charge is 2.27. The lowest BCUT2D eigenvalue weighted by atomic mass is 10.1. The minimum absolute atomic E-state index is 0.0852. The number of esters is 1. The molecule has 1 fully saturated rings. The quantitative estimate of drug-likeness (QED) is 0.649. The summed E-state index contributed by atoms with van der Waals surface area (Å²) in [5.41, 5.74) is 0.0520. The van der Waals surface area contributed by atoms with Gasteiger partial charge in [0.25, 0.3) is 0 Å². The number of piperidine rings is 1. The third-order valence-electron chi connectivity index (χ3n) is 3.69. The zero-order valence-corrected chi connectivity index (χ0v) is 15.7. The molecule has 0 aliphatic carbocycles. The molecule has 0 radical (unpaired) electrons. The van der Waals surface area contributed by atoms with Gasteiger partial charge in [-0.05, 0) is 39.7 Å². The number of nitrogens with zero attached hydrogens (tertiary/aromatic N) is 3. The fourth-order valence-corrected chi connectivity index (χ4v) is 2.52. The van der Waals surface area contributed by atoms with E-state index < -0.39 is 11.6 Å². The molecular weight excluding hydrogens is 336 g/mol. The largest absolute Gasteiger partial charge is 0.466 e. The third-order valence-corrected chi connectivity index (χ3v) is 3.69. The average Bonchev–Trinajstić information content (AvgIpc) is 2.59. The van der Waals surface area contributed by atoms with Gasteiger partial charge in [0.05, 0.1) is 25.2 Å². The molecule has 142 valence electrons. The summed E-state index contributed by atoms with van der Waals surface area (Å²) in [4.78, 5) is 33.5. The maximum atomic E-state index is 12.2. The van der Waals surface area contributed by atoms with Crippen LogP contribution in [0.2, 0.25) is 0 Å². The Bertz CT molecular complexity index is 652. The van der Waals surface area contributed by atoms with Crippen LogP contribution in [0, 0.1) is 0 Å². The molecule has 8 heteroatoms. The van der Waals surface area contributed by atoms with E-state index in [1.54, 1.807) is 17.3 Å². The Balaban J connectivity index is 1.90. The number of amides is 1. The second-order valence-electron chi connectivity index (χ2n) is 7.09. The van der Waals surface area contributed by atoms with Gasteiger partial charge in [-0.3, -0.25) is 4.98 Å². The van der Waals surface area contributed by atoms with E-state index in [0.717, 1.165) is 12.8 Å². The molecule has 0 saturated carbocycles. The van der Waals surface area contributed by atoms with Crippen molar-refractivity contribution >= 4 is 24.0 Å². The molecule has 0 aromatic carbocycles. The molecule has 0 unspecified atom stereocenters. The highest BCUT2D eigenvalue weighted by atomic mass is 16.6. The average molecular weight is 362 g/mol. The first-order chi connectivity index (χ1) is 12.3. The van der Waals surface area contributed by atoms with E-state index in [4.69, 9.17) is 4.74 Å². The third kappa shape index (κ3) is 6.34. The van der Waals surface area contributed by atoms with Crippen LogP contribution >= 0.6 is 0 Å². The molecule has 2 rings (SSSR count). The molecule has 1 aliphatic heterocycles. The van der Waals surface area contributed by atoms with E-state index in [1.165, 1.54) is 19.3 Å². The van der Waals surface area contributed by atoms with E-state index in [1.807, 2.05) is 20.8 Å². The van der Waals surface area contributed by atoms with Crippen LogP contribution in [-0.4, -0.2) is 58.8 Å². The summed E-state index contributed by atoms with van der Waals surface area (Å²) in [5.74, 6) is 0.176. The Morgan fingerprint density at radius 2 is 2.08 bits per heavy atom. The van der Waals surface area contributed by atoms with Gasteiger partial charge in [-0.25, -0.2) is 14.6 Å². The van der Waals surface area contributed by atoms with Crippen LogP contribution in [0.1, 0.15) is 39.3 Å².